The van der Waals surface area contributed by atoms with Crippen LogP contribution in [-0.4, -0.2) is 56.5 Å². The standard InChI is InChI=1S/C28H36N8O3.C2HF3O2.CH4/c1-5-17(4)35-27(38)21-10-20(11-22(29)12-21)23-14-33-26(34-16(2)3)28(39)36(23)15-24(37)32-13-18-6-8-19(9-7-18)25(30)31;3-2(4,5)1(6)7;/h6-12,14,16-17H,5,13,15,29H2,1-4H3,(H3,30,31)(H,32,37)(H,33,34)(H,35,38);(H,6,7);1H4/t17-;;/m0../s1. The van der Waals surface area contributed by atoms with Gasteiger partial charge in [-0.2, -0.15) is 13.2 Å². The van der Waals surface area contributed by atoms with E-state index in [4.69, 9.17) is 26.8 Å². The maximum Gasteiger partial charge on any atom is 0.490 e. The van der Waals surface area contributed by atoms with Crippen LogP contribution in [0.3, 0.4) is 0 Å². The van der Waals surface area contributed by atoms with Crippen LogP contribution in [0.2, 0.25) is 0 Å². The van der Waals surface area contributed by atoms with Crippen molar-refractivity contribution in [2.24, 2.45) is 5.73 Å². The molecule has 0 fully saturated rings. The number of anilines is 2. The Bertz CT molecular complexity index is 1620. The number of nitrogens with zero attached hydrogens (tertiary/aromatic N) is 2. The average Bonchev–Trinajstić information content (AvgIpc) is 2.97. The lowest BCUT2D eigenvalue weighted by molar-refractivity contribution is -0.192. The second-order valence-electron chi connectivity index (χ2n) is 10.5. The van der Waals surface area contributed by atoms with Crippen LogP contribution in [-0.2, 0) is 22.7 Å². The second-order valence-corrected chi connectivity index (χ2v) is 10.5. The minimum atomic E-state index is -5.08. The normalized spacial score (nSPS) is 11.3. The van der Waals surface area contributed by atoms with Gasteiger partial charge in [-0.3, -0.25) is 24.4 Å². The van der Waals surface area contributed by atoms with Gasteiger partial charge in [0.2, 0.25) is 5.91 Å². The molecule has 9 N–H and O–H groups in total. The minimum Gasteiger partial charge on any atom is -0.475 e. The Labute approximate surface area is 270 Å². The average molecular weight is 663 g/mol. The number of hydrogen-bond donors (Lipinski definition) is 7. The number of carbonyl (C=O) groups is 3. The predicted molar refractivity (Wildman–Crippen MR) is 174 cm³/mol. The monoisotopic (exact) mass is 662 g/mol. The molecule has 13 nitrogen and oxygen atoms in total. The summed E-state index contributed by atoms with van der Waals surface area (Å²) in [5.41, 5.74) is 14.0. The molecule has 0 bridgehead atoms. The van der Waals surface area contributed by atoms with Crippen molar-refractivity contribution in [3.05, 3.63) is 75.7 Å². The van der Waals surface area contributed by atoms with E-state index in [1.165, 1.54) is 10.8 Å². The van der Waals surface area contributed by atoms with Gasteiger partial charge in [0, 0.05) is 41.0 Å². The van der Waals surface area contributed by atoms with Crippen molar-refractivity contribution in [1.29, 1.82) is 5.41 Å². The maximum absolute atomic E-state index is 13.4. The molecule has 3 aromatic rings. The highest BCUT2D eigenvalue weighted by atomic mass is 19.4. The molecule has 0 unspecified atom stereocenters. The Hall–Kier alpha value is -5.41. The third-order valence-corrected chi connectivity index (χ3v) is 6.28. The minimum absolute atomic E-state index is 0. The molecule has 0 saturated heterocycles. The summed E-state index contributed by atoms with van der Waals surface area (Å²) in [5, 5.41) is 23.4. The molecular weight excluding hydrogens is 621 g/mol. The number of halogens is 3. The van der Waals surface area contributed by atoms with E-state index in [1.54, 1.807) is 42.5 Å². The number of carboxylic acids is 1. The molecule has 47 heavy (non-hydrogen) atoms. The quantitative estimate of drug-likeness (QED) is 0.0903. The molecule has 2 amide bonds. The van der Waals surface area contributed by atoms with Crippen molar-refractivity contribution in [2.75, 3.05) is 11.1 Å². The van der Waals surface area contributed by atoms with E-state index in [0.29, 0.717) is 28.1 Å². The first kappa shape index (κ1) is 39.6. The van der Waals surface area contributed by atoms with Gasteiger partial charge in [-0.15, -0.1) is 0 Å². The van der Waals surface area contributed by atoms with Crippen molar-refractivity contribution < 1.29 is 32.7 Å². The van der Waals surface area contributed by atoms with Gasteiger partial charge in [-0.25, -0.2) is 9.78 Å². The highest BCUT2D eigenvalue weighted by Crippen LogP contribution is 2.24. The van der Waals surface area contributed by atoms with Crippen molar-refractivity contribution in [3.63, 3.8) is 0 Å². The zero-order valence-electron chi connectivity index (χ0n) is 25.7. The summed E-state index contributed by atoms with van der Waals surface area (Å²) in [5.74, 6) is -3.36. The van der Waals surface area contributed by atoms with Crippen molar-refractivity contribution in [3.8, 4) is 11.3 Å². The topological polar surface area (TPSA) is 218 Å². The number of carbonyl (C=O) groups excluding carboxylic acids is 2. The first-order valence-electron chi connectivity index (χ1n) is 14.0. The lowest BCUT2D eigenvalue weighted by Gasteiger charge is -2.17. The van der Waals surface area contributed by atoms with Gasteiger partial charge in [0.05, 0.1) is 11.9 Å². The van der Waals surface area contributed by atoms with Crippen molar-refractivity contribution in [2.45, 2.75) is 72.9 Å². The summed E-state index contributed by atoms with van der Waals surface area (Å²) in [6.45, 7) is 7.58. The van der Waals surface area contributed by atoms with Gasteiger partial charge in [0.1, 0.15) is 12.4 Å². The summed E-state index contributed by atoms with van der Waals surface area (Å²) in [6, 6.07) is 11.7. The number of nitrogen functional groups attached to an aromatic ring is 2. The fourth-order valence-electron chi connectivity index (χ4n) is 3.79. The van der Waals surface area contributed by atoms with Gasteiger partial charge in [0.15, 0.2) is 5.82 Å². The van der Waals surface area contributed by atoms with Gasteiger partial charge in [-0.05, 0) is 51.0 Å². The van der Waals surface area contributed by atoms with E-state index in [-0.39, 0.29) is 50.2 Å². The van der Waals surface area contributed by atoms with Gasteiger partial charge in [-0.1, -0.05) is 38.6 Å². The third kappa shape index (κ3) is 12.1. The number of amides is 2. The molecule has 1 aromatic heterocycles. The van der Waals surface area contributed by atoms with Crippen LogP contribution in [0.25, 0.3) is 11.3 Å². The number of nitrogens with one attached hydrogen (secondary N) is 4. The van der Waals surface area contributed by atoms with Crippen LogP contribution in [0.1, 0.15) is 63.0 Å². The zero-order chi connectivity index (χ0) is 34.8. The number of hydrogen-bond acceptors (Lipinski definition) is 8. The first-order chi connectivity index (χ1) is 21.4. The Morgan fingerprint density at radius 3 is 2.17 bits per heavy atom. The zero-order valence-corrected chi connectivity index (χ0v) is 25.7. The SMILES string of the molecule is C.CC[C@H](C)NC(=O)c1cc(N)cc(-c2cnc(NC(C)C)c(=O)n2CC(=O)NCc2ccc(C(=N)N)cc2)c1.O=C(O)C(F)(F)F. The van der Waals surface area contributed by atoms with Crippen LogP contribution < -0.4 is 33.0 Å². The van der Waals surface area contributed by atoms with Crippen LogP contribution >= 0.6 is 0 Å². The number of alkyl halides is 3. The van der Waals surface area contributed by atoms with E-state index in [2.05, 4.69) is 20.9 Å². The molecule has 3 rings (SSSR count). The molecule has 0 radical (unpaired) electrons. The summed E-state index contributed by atoms with van der Waals surface area (Å²) in [6.07, 6.45) is -2.82. The number of aromatic nitrogens is 2. The summed E-state index contributed by atoms with van der Waals surface area (Å²) in [7, 11) is 0. The molecule has 16 heteroatoms. The molecular formula is C31H41F3N8O5. The lowest BCUT2D eigenvalue weighted by atomic mass is 10.1. The van der Waals surface area contributed by atoms with E-state index in [9.17, 15) is 27.6 Å². The largest absolute Gasteiger partial charge is 0.490 e. The Balaban J connectivity index is 0.00000124. The van der Waals surface area contributed by atoms with Crippen LogP contribution in [0.4, 0.5) is 24.7 Å². The lowest BCUT2D eigenvalue weighted by Crippen LogP contribution is -2.35. The predicted octanol–water partition coefficient (Wildman–Crippen LogP) is 3.71. The van der Waals surface area contributed by atoms with E-state index in [1.807, 2.05) is 27.7 Å². The van der Waals surface area contributed by atoms with E-state index in [0.717, 1.165) is 12.0 Å². The highest BCUT2D eigenvalue weighted by Gasteiger charge is 2.38. The van der Waals surface area contributed by atoms with E-state index < -0.39 is 23.6 Å². The molecule has 256 valence electrons. The number of amidine groups is 1. The number of benzene rings is 2. The van der Waals surface area contributed by atoms with Crippen LogP contribution in [0.15, 0.2) is 53.5 Å². The molecule has 0 aliphatic carbocycles. The third-order valence-electron chi connectivity index (χ3n) is 6.28. The first-order valence-corrected chi connectivity index (χ1v) is 14.0. The highest BCUT2D eigenvalue weighted by molar-refractivity contribution is 5.97. The Morgan fingerprint density at radius 1 is 1.06 bits per heavy atom. The molecule has 0 aliphatic rings. The van der Waals surface area contributed by atoms with Crippen LogP contribution in [0.5, 0.6) is 0 Å². The Kier molecular flexibility index (Phi) is 14.6. The van der Waals surface area contributed by atoms with Crippen LogP contribution in [0, 0.1) is 5.41 Å². The number of rotatable bonds is 11. The van der Waals surface area contributed by atoms with Gasteiger partial charge >= 0.3 is 12.1 Å². The molecule has 2 aromatic carbocycles. The summed E-state index contributed by atoms with van der Waals surface area (Å²) < 4.78 is 33.1. The number of carboxylic acid groups (broad SMARTS) is 1. The molecule has 0 spiro atoms. The van der Waals surface area contributed by atoms with Crippen molar-refractivity contribution in [1.82, 2.24) is 20.2 Å². The second kappa shape index (κ2) is 17.3. The van der Waals surface area contributed by atoms with Crippen molar-refractivity contribution >= 4 is 35.1 Å². The van der Waals surface area contributed by atoms with Gasteiger partial charge < -0.3 is 32.5 Å². The summed E-state index contributed by atoms with van der Waals surface area (Å²) >= 11 is 0. The smallest absolute Gasteiger partial charge is 0.475 e. The Morgan fingerprint density at radius 2 is 1.66 bits per heavy atom. The fourth-order valence-corrected chi connectivity index (χ4v) is 3.79. The molecule has 1 heterocycles. The summed E-state index contributed by atoms with van der Waals surface area (Å²) in [4.78, 5) is 52.4. The molecule has 0 aliphatic heterocycles. The fraction of sp³-hybridized carbons (Fsp3) is 0.355. The molecule has 0 saturated carbocycles. The maximum atomic E-state index is 13.4. The molecule has 1 atom stereocenters. The number of aliphatic carboxylic acids is 1. The van der Waals surface area contributed by atoms with E-state index >= 15 is 0 Å². The van der Waals surface area contributed by atoms with Gasteiger partial charge in [0.25, 0.3) is 11.5 Å². The number of nitrogens with two attached hydrogens (primary N) is 2.